The standard InChI is InChI=1S/C10H19/c1-8-6-5-7-10(3,4)9(8)2/h8H,5-7H2,1-4H3. The van der Waals surface area contributed by atoms with E-state index in [1.165, 1.54) is 19.3 Å². The first kappa shape index (κ1) is 8.10. The summed E-state index contributed by atoms with van der Waals surface area (Å²) in [6.45, 7) is 9.43. The van der Waals surface area contributed by atoms with Crippen LogP contribution < -0.4 is 0 Å². The van der Waals surface area contributed by atoms with Crippen molar-refractivity contribution < 1.29 is 0 Å². The fraction of sp³-hybridized carbons (Fsp3) is 0.900. The van der Waals surface area contributed by atoms with Gasteiger partial charge in [0.15, 0.2) is 0 Å². The zero-order valence-electron chi connectivity index (χ0n) is 7.70. The minimum atomic E-state index is 0.525. The van der Waals surface area contributed by atoms with E-state index in [1.807, 2.05) is 0 Å². The monoisotopic (exact) mass is 139 g/mol. The summed E-state index contributed by atoms with van der Waals surface area (Å²) >= 11 is 0. The maximum Gasteiger partial charge on any atom is -0.0187 e. The molecule has 0 spiro atoms. The van der Waals surface area contributed by atoms with Gasteiger partial charge in [0.25, 0.3) is 0 Å². The highest BCUT2D eigenvalue weighted by molar-refractivity contribution is 5.05. The number of rotatable bonds is 0. The van der Waals surface area contributed by atoms with Crippen LogP contribution in [0.1, 0.15) is 47.0 Å². The van der Waals surface area contributed by atoms with Crippen LogP contribution in [0.3, 0.4) is 0 Å². The van der Waals surface area contributed by atoms with E-state index in [-0.39, 0.29) is 0 Å². The molecule has 1 radical (unpaired) electrons. The van der Waals surface area contributed by atoms with Gasteiger partial charge in [0, 0.05) is 0 Å². The summed E-state index contributed by atoms with van der Waals surface area (Å²) < 4.78 is 0. The topological polar surface area (TPSA) is 0 Å². The number of hydrogen-bond donors (Lipinski definition) is 0. The second-order valence-corrected chi connectivity index (χ2v) is 4.36. The lowest BCUT2D eigenvalue weighted by Gasteiger charge is -2.40. The van der Waals surface area contributed by atoms with Gasteiger partial charge in [-0.1, -0.05) is 40.5 Å². The van der Waals surface area contributed by atoms with Gasteiger partial charge in [-0.3, -0.25) is 0 Å². The predicted molar refractivity (Wildman–Crippen MR) is 45.7 cm³/mol. The normalized spacial score (nSPS) is 34.2. The molecular formula is C10H19. The van der Waals surface area contributed by atoms with Crippen LogP contribution in [0.15, 0.2) is 0 Å². The van der Waals surface area contributed by atoms with Crippen molar-refractivity contribution in [2.45, 2.75) is 47.0 Å². The van der Waals surface area contributed by atoms with Gasteiger partial charge in [0.1, 0.15) is 0 Å². The second kappa shape index (κ2) is 2.56. The Hall–Kier alpha value is 0. The molecule has 0 aliphatic heterocycles. The van der Waals surface area contributed by atoms with Gasteiger partial charge in [0.2, 0.25) is 0 Å². The van der Waals surface area contributed by atoms with Gasteiger partial charge in [0.05, 0.1) is 0 Å². The highest BCUT2D eigenvalue weighted by atomic mass is 14.4. The van der Waals surface area contributed by atoms with Crippen LogP contribution in [0.2, 0.25) is 0 Å². The molecule has 0 amide bonds. The first-order valence-electron chi connectivity index (χ1n) is 4.38. The van der Waals surface area contributed by atoms with Crippen molar-refractivity contribution in [2.24, 2.45) is 11.3 Å². The van der Waals surface area contributed by atoms with Crippen LogP contribution in [-0.2, 0) is 0 Å². The van der Waals surface area contributed by atoms with Crippen molar-refractivity contribution in [3.8, 4) is 0 Å². The Kier molecular flexibility index (Phi) is 2.07. The first-order valence-corrected chi connectivity index (χ1v) is 4.38. The third-order valence-corrected chi connectivity index (χ3v) is 3.25. The molecule has 1 aliphatic carbocycles. The molecule has 0 aromatic carbocycles. The molecule has 1 fully saturated rings. The van der Waals surface area contributed by atoms with Gasteiger partial charge < -0.3 is 0 Å². The molecule has 59 valence electrons. The average Bonchev–Trinajstić information content (AvgIpc) is 1.83. The summed E-state index contributed by atoms with van der Waals surface area (Å²) in [5, 5.41) is 0. The van der Waals surface area contributed by atoms with Gasteiger partial charge in [-0.25, -0.2) is 0 Å². The lowest BCUT2D eigenvalue weighted by Crippen LogP contribution is -2.29. The quantitative estimate of drug-likeness (QED) is 0.482. The van der Waals surface area contributed by atoms with Crippen molar-refractivity contribution in [3.05, 3.63) is 5.92 Å². The first-order chi connectivity index (χ1) is 4.54. The van der Waals surface area contributed by atoms with E-state index in [2.05, 4.69) is 27.7 Å². The van der Waals surface area contributed by atoms with E-state index >= 15 is 0 Å². The molecule has 0 heterocycles. The summed E-state index contributed by atoms with van der Waals surface area (Å²) in [5.74, 6) is 2.57. The van der Waals surface area contributed by atoms with E-state index in [4.69, 9.17) is 0 Å². The Labute approximate surface area is 65.0 Å². The van der Waals surface area contributed by atoms with Crippen molar-refractivity contribution >= 4 is 0 Å². The SMILES string of the molecule is C[C]1C(C)CCCC1(C)C. The molecule has 0 heteroatoms. The predicted octanol–water partition coefficient (Wildman–Crippen LogP) is 3.43. The highest BCUT2D eigenvalue weighted by Crippen LogP contribution is 2.44. The summed E-state index contributed by atoms with van der Waals surface area (Å²) in [4.78, 5) is 0. The third-order valence-electron chi connectivity index (χ3n) is 3.25. The minimum Gasteiger partial charge on any atom is -0.0619 e. The summed E-state index contributed by atoms with van der Waals surface area (Å²) in [6.07, 6.45) is 4.23. The van der Waals surface area contributed by atoms with Gasteiger partial charge in [-0.15, -0.1) is 0 Å². The molecule has 0 bridgehead atoms. The molecule has 1 saturated carbocycles. The Morgan fingerprint density at radius 1 is 1.40 bits per heavy atom. The Bertz CT molecular complexity index is 113. The fourth-order valence-electron chi connectivity index (χ4n) is 1.93. The van der Waals surface area contributed by atoms with Crippen molar-refractivity contribution in [1.82, 2.24) is 0 Å². The second-order valence-electron chi connectivity index (χ2n) is 4.36. The Morgan fingerprint density at radius 3 is 2.40 bits per heavy atom. The average molecular weight is 139 g/mol. The zero-order valence-corrected chi connectivity index (χ0v) is 7.70. The highest BCUT2D eigenvalue weighted by Gasteiger charge is 2.33. The van der Waals surface area contributed by atoms with E-state index in [0.717, 1.165) is 5.92 Å². The molecule has 1 atom stereocenters. The molecule has 1 aliphatic rings. The lowest BCUT2D eigenvalue weighted by atomic mass is 9.65. The Balaban J connectivity index is 2.60. The van der Waals surface area contributed by atoms with Crippen LogP contribution in [0, 0.1) is 17.3 Å². The molecule has 0 nitrogen and oxygen atoms in total. The molecule has 1 unspecified atom stereocenters. The maximum atomic E-state index is 2.37. The van der Waals surface area contributed by atoms with E-state index in [9.17, 15) is 0 Å². The van der Waals surface area contributed by atoms with Crippen LogP contribution in [0.4, 0.5) is 0 Å². The molecule has 0 saturated heterocycles. The summed E-state index contributed by atoms with van der Waals surface area (Å²) in [6, 6.07) is 0. The maximum absolute atomic E-state index is 2.37. The third kappa shape index (κ3) is 1.36. The summed E-state index contributed by atoms with van der Waals surface area (Å²) in [5.41, 5.74) is 0.525. The van der Waals surface area contributed by atoms with E-state index in [1.54, 1.807) is 5.92 Å². The van der Waals surface area contributed by atoms with Crippen molar-refractivity contribution in [2.75, 3.05) is 0 Å². The Morgan fingerprint density at radius 2 is 2.00 bits per heavy atom. The van der Waals surface area contributed by atoms with Crippen LogP contribution >= 0.6 is 0 Å². The van der Waals surface area contributed by atoms with Gasteiger partial charge >= 0.3 is 0 Å². The molecule has 0 aromatic heterocycles. The molecule has 1 rings (SSSR count). The van der Waals surface area contributed by atoms with Gasteiger partial charge in [-0.2, -0.15) is 0 Å². The zero-order chi connectivity index (χ0) is 7.78. The fourth-order valence-corrected chi connectivity index (χ4v) is 1.93. The largest absolute Gasteiger partial charge is 0.0619 e. The van der Waals surface area contributed by atoms with Crippen LogP contribution in [-0.4, -0.2) is 0 Å². The van der Waals surface area contributed by atoms with Gasteiger partial charge in [-0.05, 0) is 23.7 Å². The molecule has 0 N–H and O–H groups in total. The van der Waals surface area contributed by atoms with Crippen LogP contribution in [0.5, 0.6) is 0 Å². The lowest BCUT2D eigenvalue weighted by molar-refractivity contribution is 0.233. The summed E-state index contributed by atoms with van der Waals surface area (Å²) in [7, 11) is 0. The van der Waals surface area contributed by atoms with Crippen molar-refractivity contribution in [3.63, 3.8) is 0 Å². The van der Waals surface area contributed by atoms with E-state index < -0.39 is 0 Å². The molecule has 10 heavy (non-hydrogen) atoms. The molecular weight excluding hydrogens is 120 g/mol. The van der Waals surface area contributed by atoms with Crippen molar-refractivity contribution in [1.29, 1.82) is 0 Å². The smallest absolute Gasteiger partial charge is 0.0187 e. The number of hydrogen-bond acceptors (Lipinski definition) is 0. The van der Waals surface area contributed by atoms with E-state index in [0.29, 0.717) is 5.41 Å². The van der Waals surface area contributed by atoms with Crippen LogP contribution in [0.25, 0.3) is 0 Å². The minimum absolute atomic E-state index is 0.525. The molecule has 0 aromatic rings.